The standard InChI is InChI=1S/C13H18Cl2N2O2/c1-8-6-11(15)12(7-10(8)14)17-13(19)16-9(2)4-3-5-18/h6-7,9,18H,3-5H2,1-2H3,(H2,16,17,19). The Morgan fingerprint density at radius 2 is 2.05 bits per heavy atom. The van der Waals surface area contributed by atoms with Crippen molar-refractivity contribution < 1.29 is 9.90 Å². The number of aryl methyl sites for hydroxylation is 1. The number of carbonyl (C=O) groups excluding carboxylic acids is 1. The van der Waals surface area contributed by atoms with Crippen molar-refractivity contribution in [3.63, 3.8) is 0 Å². The van der Waals surface area contributed by atoms with Crippen LogP contribution in [0.3, 0.4) is 0 Å². The second-order valence-corrected chi connectivity index (χ2v) is 5.26. The molecule has 0 aliphatic heterocycles. The molecule has 0 saturated carbocycles. The average molecular weight is 305 g/mol. The summed E-state index contributed by atoms with van der Waals surface area (Å²) in [6.45, 7) is 3.83. The van der Waals surface area contributed by atoms with Crippen LogP contribution < -0.4 is 10.6 Å². The fourth-order valence-electron chi connectivity index (χ4n) is 1.59. The van der Waals surface area contributed by atoms with Crippen LogP contribution in [-0.2, 0) is 0 Å². The summed E-state index contributed by atoms with van der Waals surface area (Å²) in [7, 11) is 0. The van der Waals surface area contributed by atoms with E-state index in [-0.39, 0.29) is 18.7 Å². The molecule has 6 heteroatoms. The predicted octanol–water partition coefficient (Wildman–Crippen LogP) is 3.58. The van der Waals surface area contributed by atoms with Crippen molar-refractivity contribution in [1.29, 1.82) is 0 Å². The van der Waals surface area contributed by atoms with Gasteiger partial charge in [0, 0.05) is 17.7 Å². The monoisotopic (exact) mass is 304 g/mol. The minimum atomic E-state index is -0.341. The summed E-state index contributed by atoms with van der Waals surface area (Å²) >= 11 is 12.0. The van der Waals surface area contributed by atoms with Gasteiger partial charge in [-0.2, -0.15) is 0 Å². The molecular formula is C13H18Cl2N2O2. The van der Waals surface area contributed by atoms with E-state index >= 15 is 0 Å². The molecule has 0 radical (unpaired) electrons. The van der Waals surface area contributed by atoms with E-state index in [1.807, 2.05) is 13.8 Å². The maximum atomic E-state index is 11.7. The van der Waals surface area contributed by atoms with E-state index in [0.29, 0.717) is 28.6 Å². The van der Waals surface area contributed by atoms with Gasteiger partial charge in [-0.15, -0.1) is 0 Å². The molecule has 0 bridgehead atoms. The minimum absolute atomic E-state index is 0.0214. The molecule has 0 spiro atoms. The van der Waals surface area contributed by atoms with Gasteiger partial charge >= 0.3 is 6.03 Å². The van der Waals surface area contributed by atoms with E-state index in [1.165, 1.54) is 0 Å². The average Bonchev–Trinajstić information content (AvgIpc) is 2.33. The molecule has 1 aromatic carbocycles. The van der Waals surface area contributed by atoms with E-state index in [4.69, 9.17) is 28.3 Å². The quantitative estimate of drug-likeness (QED) is 0.778. The van der Waals surface area contributed by atoms with Crippen LogP contribution in [0.2, 0.25) is 10.0 Å². The number of aliphatic hydroxyl groups excluding tert-OH is 1. The molecule has 4 nitrogen and oxygen atoms in total. The molecule has 0 aliphatic carbocycles. The van der Waals surface area contributed by atoms with Gasteiger partial charge in [0.25, 0.3) is 0 Å². The predicted molar refractivity (Wildman–Crippen MR) is 79.1 cm³/mol. The first-order chi connectivity index (χ1) is 8.93. The highest BCUT2D eigenvalue weighted by Crippen LogP contribution is 2.28. The van der Waals surface area contributed by atoms with Gasteiger partial charge in [-0.05, 0) is 44.4 Å². The zero-order valence-corrected chi connectivity index (χ0v) is 12.5. The third-order valence-corrected chi connectivity index (χ3v) is 3.39. The highest BCUT2D eigenvalue weighted by Gasteiger charge is 2.10. The van der Waals surface area contributed by atoms with Crippen molar-refractivity contribution in [3.05, 3.63) is 27.7 Å². The summed E-state index contributed by atoms with van der Waals surface area (Å²) in [4.78, 5) is 11.7. The van der Waals surface area contributed by atoms with E-state index in [2.05, 4.69) is 10.6 Å². The molecule has 0 saturated heterocycles. The van der Waals surface area contributed by atoms with Crippen LogP contribution in [0.1, 0.15) is 25.3 Å². The summed E-state index contributed by atoms with van der Waals surface area (Å²) in [5.41, 5.74) is 1.33. The molecule has 3 N–H and O–H groups in total. The van der Waals surface area contributed by atoms with Gasteiger partial charge in [0.15, 0.2) is 0 Å². The van der Waals surface area contributed by atoms with Gasteiger partial charge in [0.05, 0.1) is 10.7 Å². The van der Waals surface area contributed by atoms with E-state index in [1.54, 1.807) is 12.1 Å². The Balaban J connectivity index is 2.59. The van der Waals surface area contributed by atoms with E-state index in [9.17, 15) is 4.79 Å². The fourth-order valence-corrected chi connectivity index (χ4v) is 2.02. The molecule has 1 aromatic rings. The number of aliphatic hydroxyl groups is 1. The second kappa shape index (κ2) is 7.58. The van der Waals surface area contributed by atoms with Crippen molar-refractivity contribution in [2.45, 2.75) is 32.7 Å². The number of carbonyl (C=O) groups is 1. The number of benzene rings is 1. The van der Waals surface area contributed by atoms with E-state index < -0.39 is 0 Å². The molecule has 1 atom stereocenters. The van der Waals surface area contributed by atoms with Gasteiger partial charge in [-0.25, -0.2) is 4.79 Å². The lowest BCUT2D eigenvalue weighted by Gasteiger charge is -2.15. The number of hydrogen-bond donors (Lipinski definition) is 3. The third-order valence-electron chi connectivity index (χ3n) is 2.67. The first-order valence-corrected chi connectivity index (χ1v) is 6.83. The maximum absolute atomic E-state index is 11.7. The largest absolute Gasteiger partial charge is 0.396 e. The van der Waals surface area contributed by atoms with Crippen molar-refractivity contribution in [1.82, 2.24) is 5.32 Å². The van der Waals surface area contributed by atoms with Crippen LogP contribution in [0.25, 0.3) is 0 Å². The van der Waals surface area contributed by atoms with Crippen molar-refractivity contribution in [3.8, 4) is 0 Å². The lowest BCUT2D eigenvalue weighted by molar-refractivity contribution is 0.245. The molecular weight excluding hydrogens is 287 g/mol. The Labute approximate surface area is 123 Å². The van der Waals surface area contributed by atoms with Crippen molar-refractivity contribution in [2.24, 2.45) is 0 Å². The summed E-state index contributed by atoms with van der Waals surface area (Å²) in [5.74, 6) is 0. The number of anilines is 1. The van der Waals surface area contributed by atoms with Crippen molar-refractivity contribution >= 4 is 34.9 Å². The molecule has 0 heterocycles. The van der Waals surface area contributed by atoms with Gasteiger partial charge in [0.2, 0.25) is 0 Å². The molecule has 0 fully saturated rings. The molecule has 1 rings (SSSR count). The number of urea groups is 1. The number of hydrogen-bond acceptors (Lipinski definition) is 2. The Hall–Kier alpha value is -0.970. The first-order valence-electron chi connectivity index (χ1n) is 6.08. The Morgan fingerprint density at radius 1 is 1.37 bits per heavy atom. The van der Waals surface area contributed by atoms with Gasteiger partial charge in [-0.1, -0.05) is 23.2 Å². The van der Waals surface area contributed by atoms with Crippen LogP contribution in [0.4, 0.5) is 10.5 Å². The Kier molecular flexibility index (Phi) is 6.42. The molecule has 2 amide bonds. The van der Waals surface area contributed by atoms with Gasteiger partial charge < -0.3 is 15.7 Å². The van der Waals surface area contributed by atoms with Gasteiger partial charge in [0.1, 0.15) is 0 Å². The molecule has 0 aromatic heterocycles. The van der Waals surface area contributed by atoms with Crippen LogP contribution in [0.15, 0.2) is 12.1 Å². The minimum Gasteiger partial charge on any atom is -0.396 e. The smallest absolute Gasteiger partial charge is 0.319 e. The van der Waals surface area contributed by atoms with Crippen LogP contribution >= 0.6 is 23.2 Å². The Bertz CT molecular complexity index is 453. The topological polar surface area (TPSA) is 61.4 Å². The van der Waals surface area contributed by atoms with E-state index in [0.717, 1.165) is 5.56 Å². The normalized spacial score (nSPS) is 12.1. The number of halogens is 2. The number of nitrogens with one attached hydrogen (secondary N) is 2. The molecule has 1 unspecified atom stereocenters. The first kappa shape index (κ1) is 16.1. The highest BCUT2D eigenvalue weighted by atomic mass is 35.5. The number of rotatable bonds is 5. The molecule has 0 aliphatic rings. The lowest BCUT2D eigenvalue weighted by Crippen LogP contribution is -2.36. The Morgan fingerprint density at radius 3 is 2.68 bits per heavy atom. The number of amides is 2. The van der Waals surface area contributed by atoms with Crippen molar-refractivity contribution in [2.75, 3.05) is 11.9 Å². The zero-order chi connectivity index (χ0) is 14.4. The third kappa shape index (κ3) is 5.27. The summed E-state index contributed by atoms with van der Waals surface area (Å²) < 4.78 is 0. The zero-order valence-electron chi connectivity index (χ0n) is 11.0. The van der Waals surface area contributed by atoms with Gasteiger partial charge in [-0.3, -0.25) is 0 Å². The fraction of sp³-hybridized carbons (Fsp3) is 0.462. The highest BCUT2D eigenvalue weighted by molar-refractivity contribution is 6.36. The van der Waals surface area contributed by atoms with Crippen LogP contribution in [-0.4, -0.2) is 23.8 Å². The van der Waals surface area contributed by atoms with Crippen LogP contribution in [0, 0.1) is 6.92 Å². The molecule has 106 valence electrons. The SMILES string of the molecule is Cc1cc(Cl)c(NC(=O)NC(C)CCCO)cc1Cl. The summed E-state index contributed by atoms with van der Waals surface area (Å²) in [6.07, 6.45) is 1.37. The van der Waals surface area contributed by atoms with Crippen LogP contribution in [0.5, 0.6) is 0 Å². The maximum Gasteiger partial charge on any atom is 0.319 e. The summed E-state index contributed by atoms with van der Waals surface area (Å²) in [6, 6.07) is 2.96. The molecule has 19 heavy (non-hydrogen) atoms. The summed E-state index contributed by atoms with van der Waals surface area (Å²) in [5, 5.41) is 15.1. The lowest BCUT2D eigenvalue weighted by atomic mass is 10.2. The second-order valence-electron chi connectivity index (χ2n) is 4.45.